The molecule has 2 aromatic heterocycles. The molecule has 1 unspecified atom stereocenters. The third-order valence-electron chi connectivity index (χ3n) is 12.1. The Hall–Kier alpha value is -5.00. The molecule has 3 aliphatic heterocycles. The number of phenols is 1. The summed E-state index contributed by atoms with van der Waals surface area (Å²) in [6.07, 6.45) is 1.95. The molecule has 0 saturated carbocycles. The van der Waals surface area contributed by atoms with Crippen molar-refractivity contribution in [2.45, 2.75) is 156 Å². The number of nitrogens with zero attached hydrogens (tertiary/aromatic N) is 7. The minimum absolute atomic E-state index is 0.0258. The summed E-state index contributed by atoms with van der Waals surface area (Å²) in [4.78, 5) is 52.3. The largest absolute Gasteiger partial charge is 0.505 e. The van der Waals surface area contributed by atoms with E-state index in [4.69, 9.17) is 29.0 Å². The molecular weight excluding hydrogens is 850 g/mol. The van der Waals surface area contributed by atoms with Crippen molar-refractivity contribution in [1.29, 1.82) is 0 Å². The van der Waals surface area contributed by atoms with Gasteiger partial charge in [0.15, 0.2) is 23.6 Å². The van der Waals surface area contributed by atoms with Gasteiger partial charge in [-0.15, -0.1) is 0 Å². The zero-order valence-electron chi connectivity index (χ0n) is 40.1. The second-order valence-corrected chi connectivity index (χ2v) is 26.5. The van der Waals surface area contributed by atoms with E-state index in [1.807, 2.05) is 62.1 Å². The highest BCUT2D eigenvalue weighted by atomic mass is 28.3. The van der Waals surface area contributed by atoms with Crippen molar-refractivity contribution in [3.05, 3.63) is 53.1 Å². The average Bonchev–Trinajstić information content (AvgIpc) is 3.78. The van der Waals surface area contributed by atoms with E-state index in [0.29, 0.717) is 48.1 Å². The van der Waals surface area contributed by atoms with Crippen molar-refractivity contribution < 1.29 is 42.8 Å². The number of aromatic hydroxyl groups is 1. The number of carbonyl (C=O) groups is 3. The van der Waals surface area contributed by atoms with Crippen molar-refractivity contribution in [3.63, 3.8) is 0 Å². The van der Waals surface area contributed by atoms with Crippen molar-refractivity contribution >= 4 is 37.1 Å². The summed E-state index contributed by atoms with van der Waals surface area (Å²) in [6, 6.07) is 8.40. The van der Waals surface area contributed by atoms with Gasteiger partial charge in [-0.2, -0.15) is 5.10 Å². The maximum Gasteiger partial charge on any atom is 0.411 e. The summed E-state index contributed by atoms with van der Waals surface area (Å²) in [5, 5.41) is 16.3. The molecule has 3 aliphatic rings. The fourth-order valence-electron chi connectivity index (χ4n) is 8.77. The number of rotatable bonds is 10. The summed E-state index contributed by atoms with van der Waals surface area (Å²) < 4.78 is 43.2. The summed E-state index contributed by atoms with van der Waals surface area (Å²) in [5.74, 6) is -0.813. The van der Waals surface area contributed by atoms with Crippen molar-refractivity contribution in [3.8, 4) is 28.4 Å². The van der Waals surface area contributed by atoms with Gasteiger partial charge in [-0.25, -0.2) is 23.6 Å². The third-order valence-corrected chi connectivity index (χ3v) is 13.8. The smallest absolute Gasteiger partial charge is 0.411 e. The molecule has 0 spiro atoms. The second-order valence-electron chi connectivity index (χ2n) is 20.9. The monoisotopic (exact) mass is 917 g/mol. The van der Waals surface area contributed by atoms with Gasteiger partial charge < -0.3 is 38.4 Å². The molecule has 2 saturated heterocycles. The van der Waals surface area contributed by atoms with Crippen LogP contribution in [-0.4, -0.2) is 121 Å². The van der Waals surface area contributed by atoms with E-state index in [-0.39, 0.29) is 63.3 Å². The van der Waals surface area contributed by atoms with Gasteiger partial charge in [0.05, 0.1) is 23.4 Å². The van der Waals surface area contributed by atoms with Crippen LogP contribution < -0.4 is 0 Å². The summed E-state index contributed by atoms with van der Waals surface area (Å²) >= 11 is 0. The van der Waals surface area contributed by atoms with Crippen molar-refractivity contribution in [1.82, 2.24) is 34.0 Å². The maximum atomic E-state index is 14.9. The van der Waals surface area contributed by atoms with Crippen LogP contribution in [0.4, 0.5) is 14.0 Å². The first kappa shape index (κ1) is 47.9. The average molecular weight is 918 g/mol. The molecule has 15 nitrogen and oxygen atoms in total. The topological polar surface area (TPSA) is 154 Å². The fourth-order valence-corrected chi connectivity index (χ4v) is 9.53. The number of aryl methyl sites for hydroxylation is 1. The van der Waals surface area contributed by atoms with Crippen LogP contribution in [-0.2, 0) is 49.9 Å². The summed E-state index contributed by atoms with van der Waals surface area (Å²) in [7, 11) is -1.46. The van der Waals surface area contributed by atoms with Gasteiger partial charge >= 0.3 is 12.2 Å². The number of hydrogen-bond donors (Lipinski definition) is 1. The van der Waals surface area contributed by atoms with Crippen LogP contribution >= 0.6 is 0 Å². The Morgan fingerprint density at radius 3 is 2.34 bits per heavy atom. The predicted octanol–water partition coefficient (Wildman–Crippen LogP) is 9.11. The molecule has 17 heteroatoms. The first-order valence-electron chi connectivity index (χ1n) is 23.1. The first-order valence-corrected chi connectivity index (χ1v) is 26.8. The normalized spacial score (nSPS) is 19.7. The van der Waals surface area contributed by atoms with E-state index in [9.17, 15) is 23.9 Å². The molecule has 5 heterocycles. The molecule has 2 aromatic carbocycles. The Morgan fingerprint density at radius 1 is 0.969 bits per heavy atom. The molecule has 0 aliphatic carbocycles. The second kappa shape index (κ2) is 18.7. The van der Waals surface area contributed by atoms with Gasteiger partial charge in [-0.05, 0) is 121 Å². The number of benzene rings is 2. The Kier molecular flexibility index (Phi) is 13.8. The van der Waals surface area contributed by atoms with Crippen molar-refractivity contribution in [2.24, 2.45) is 0 Å². The number of aromatic nitrogens is 4. The quantitative estimate of drug-likeness (QED) is 0.120. The molecule has 4 aromatic rings. The molecule has 0 bridgehead atoms. The lowest BCUT2D eigenvalue weighted by molar-refractivity contribution is -0.142. The Bertz CT molecular complexity index is 2410. The van der Waals surface area contributed by atoms with E-state index in [2.05, 4.69) is 19.6 Å². The molecule has 354 valence electrons. The molecule has 1 N–H and O–H groups in total. The number of piperazine rings is 1. The molecule has 3 atom stereocenters. The number of fused-ring (bicyclic) bond motifs is 2. The van der Waals surface area contributed by atoms with E-state index in [1.54, 1.807) is 30.6 Å². The van der Waals surface area contributed by atoms with Crippen molar-refractivity contribution in [2.75, 3.05) is 32.8 Å². The van der Waals surface area contributed by atoms with Crippen LogP contribution in [0.1, 0.15) is 97.8 Å². The lowest BCUT2D eigenvalue weighted by Gasteiger charge is -2.43. The highest BCUT2D eigenvalue weighted by Gasteiger charge is 2.44. The van der Waals surface area contributed by atoms with E-state index in [1.165, 1.54) is 17.0 Å². The summed E-state index contributed by atoms with van der Waals surface area (Å²) in [6.45, 7) is 23.7. The molecule has 7 rings (SSSR count). The lowest BCUT2D eigenvalue weighted by atomic mass is 9.96. The van der Waals surface area contributed by atoms with Crippen LogP contribution in [0.2, 0.25) is 25.7 Å². The van der Waals surface area contributed by atoms with Gasteiger partial charge in [0.2, 0.25) is 5.91 Å². The van der Waals surface area contributed by atoms with Crippen LogP contribution in [0.5, 0.6) is 5.75 Å². The van der Waals surface area contributed by atoms with E-state index < -0.39 is 43.3 Å². The first-order chi connectivity index (χ1) is 30.5. The van der Waals surface area contributed by atoms with Crippen LogP contribution in [0.25, 0.3) is 33.5 Å². The Labute approximate surface area is 383 Å². The lowest BCUT2D eigenvalue weighted by Crippen LogP contribution is -2.61. The number of amides is 3. The van der Waals surface area contributed by atoms with Crippen LogP contribution in [0.15, 0.2) is 30.3 Å². The fraction of sp³-hybridized carbons (Fsp3) is 0.604. The van der Waals surface area contributed by atoms with Crippen LogP contribution in [0.3, 0.4) is 0 Å². The Morgan fingerprint density at radius 2 is 1.69 bits per heavy atom. The standard InChI is InChI=1S/C48H68FN7O8Si/c1-12-31-24-40(57)35(49)25-34(31)32-16-17-33-37(23-32)56(41-15-13-14-20-62-41)51-42(33)43-50-36-26-38(44(58)53-19-18-52(27-30(53)2)45(59)63-47(3,4)5)54(46(60)64-48(6,7)8)28-39(36)55(43)29-61-21-22-65(9,10)11/h16-17,23-25,30,38,41,57H,12-15,18-22,26-29H2,1-11H3/t30-,38-,41?/m0/s1. The van der Waals surface area contributed by atoms with Crippen LogP contribution in [0, 0.1) is 5.82 Å². The van der Waals surface area contributed by atoms with E-state index >= 15 is 0 Å². The van der Waals surface area contributed by atoms with Gasteiger partial charge in [0, 0.05) is 58.8 Å². The number of carbonyl (C=O) groups excluding carboxylic acids is 3. The van der Waals surface area contributed by atoms with Gasteiger partial charge in [0.25, 0.3) is 0 Å². The maximum absolute atomic E-state index is 14.9. The Balaban J connectivity index is 1.32. The minimum Gasteiger partial charge on any atom is -0.505 e. The minimum atomic E-state index is -1.46. The number of phenolic OH excluding ortho intramolecular Hbond substituents is 1. The summed E-state index contributed by atoms with van der Waals surface area (Å²) in [5.41, 5.74) is 3.47. The number of ether oxygens (including phenoxy) is 4. The zero-order chi connectivity index (χ0) is 47.2. The molecule has 2 fully saturated rings. The van der Waals surface area contributed by atoms with Gasteiger partial charge in [-0.1, -0.05) is 32.6 Å². The SMILES string of the molecule is CCc1cc(O)c(F)cc1-c1ccc2c(-c3nc4c(n3COCC[Si](C)(C)C)CN(C(=O)OC(C)(C)C)[C@H](C(=O)N3CCN(C(=O)OC(C)(C)C)C[C@@H]3C)C4)nn(C3CCCCO3)c2c1. The predicted molar refractivity (Wildman–Crippen MR) is 249 cm³/mol. The molecule has 0 radical (unpaired) electrons. The number of imidazole rings is 1. The van der Waals surface area contributed by atoms with Gasteiger partial charge in [-0.3, -0.25) is 9.69 Å². The number of hydrogen-bond acceptors (Lipinski definition) is 10. The molecule has 3 amide bonds. The highest BCUT2D eigenvalue weighted by Crippen LogP contribution is 2.39. The molecular formula is C48H68FN7O8Si. The third kappa shape index (κ3) is 10.8. The van der Waals surface area contributed by atoms with Gasteiger partial charge in [0.1, 0.15) is 29.7 Å². The van der Waals surface area contributed by atoms with E-state index in [0.717, 1.165) is 47.3 Å². The molecule has 65 heavy (non-hydrogen) atoms. The highest BCUT2D eigenvalue weighted by molar-refractivity contribution is 6.76. The zero-order valence-corrected chi connectivity index (χ0v) is 41.1. The number of halogens is 1.